The Morgan fingerprint density at radius 3 is 2.40 bits per heavy atom. The summed E-state index contributed by atoms with van der Waals surface area (Å²) in [7, 11) is -3.35. The molecule has 0 aliphatic rings. The number of ether oxygens (including phenoxy) is 1. The zero-order valence-electron chi connectivity index (χ0n) is 12.3. The molecule has 0 aliphatic heterocycles. The summed E-state index contributed by atoms with van der Waals surface area (Å²) in [5, 5.41) is 3.22. The zero-order valence-corrected chi connectivity index (χ0v) is 13.2. The predicted octanol–water partition coefficient (Wildman–Crippen LogP) is 1.96. The van der Waals surface area contributed by atoms with E-state index in [1.807, 2.05) is 32.9 Å². The first-order chi connectivity index (χ1) is 9.43. The van der Waals surface area contributed by atoms with Crippen LogP contribution in [0.1, 0.15) is 26.3 Å². The van der Waals surface area contributed by atoms with Gasteiger partial charge in [-0.1, -0.05) is 19.1 Å². The highest BCUT2D eigenvalue weighted by Gasteiger charge is 2.10. The maximum atomic E-state index is 11.8. The van der Waals surface area contributed by atoms with Crippen molar-refractivity contribution in [2.45, 2.75) is 33.4 Å². The lowest BCUT2D eigenvalue weighted by Gasteiger charge is -2.10. The molecule has 0 unspecified atom stereocenters. The van der Waals surface area contributed by atoms with Gasteiger partial charge in [0.2, 0.25) is 10.0 Å². The normalized spacial score (nSPS) is 11.8. The first-order valence-electron chi connectivity index (χ1n) is 6.84. The largest absolute Gasteiger partial charge is 0.378 e. The summed E-state index contributed by atoms with van der Waals surface area (Å²) < 4.78 is 31.5. The second kappa shape index (κ2) is 8.24. The van der Waals surface area contributed by atoms with E-state index in [9.17, 15) is 8.42 Å². The van der Waals surface area contributed by atoms with Gasteiger partial charge >= 0.3 is 0 Å². The number of hydrogen-bond donors (Lipinski definition) is 2. The Bertz CT molecular complexity index is 484. The molecule has 0 radical (unpaired) electrons. The molecule has 1 rings (SSSR count). The molecular formula is C14H24N2O3S. The molecule has 1 aromatic rings. The van der Waals surface area contributed by atoms with Crippen LogP contribution in [0.25, 0.3) is 0 Å². The molecule has 2 N–H and O–H groups in total. The molecule has 0 bridgehead atoms. The van der Waals surface area contributed by atoms with Gasteiger partial charge in [-0.3, -0.25) is 4.72 Å². The maximum absolute atomic E-state index is 11.8. The van der Waals surface area contributed by atoms with Crippen LogP contribution in [0.15, 0.2) is 24.3 Å². The third-order valence-corrected chi connectivity index (χ3v) is 3.86. The third-order valence-electron chi connectivity index (χ3n) is 2.61. The lowest BCUT2D eigenvalue weighted by Crippen LogP contribution is -2.21. The topological polar surface area (TPSA) is 67.4 Å². The van der Waals surface area contributed by atoms with E-state index in [1.165, 1.54) is 0 Å². The molecule has 0 aliphatic carbocycles. The van der Waals surface area contributed by atoms with E-state index in [2.05, 4.69) is 10.0 Å². The molecule has 0 saturated carbocycles. The van der Waals surface area contributed by atoms with Crippen LogP contribution >= 0.6 is 0 Å². The molecule has 5 nitrogen and oxygen atoms in total. The van der Waals surface area contributed by atoms with Crippen LogP contribution < -0.4 is 10.0 Å². The SMILES string of the molecule is CCNCc1ccc(NS(=O)(=O)CCOC(C)C)cc1. The standard InChI is InChI=1S/C14H24N2O3S/c1-4-15-11-13-5-7-14(8-6-13)16-20(17,18)10-9-19-12(2)3/h5-8,12,15-16H,4,9-11H2,1-3H3. The van der Waals surface area contributed by atoms with Crippen molar-refractivity contribution >= 4 is 15.7 Å². The van der Waals surface area contributed by atoms with Crippen molar-refractivity contribution in [3.05, 3.63) is 29.8 Å². The number of rotatable bonds is 9. The summed E-state index contributed by atoms with van der Waals surface area (Å²) in [5.41, 5.74) is 1.70. The van der Waals surface area contributed by atoms with E-state index in [1.54, 1.807) is 12.1 Å². The van der Waals surface area contributed by atoms with Gasteiger partial charge in [0.25, 0.3) is 0 Å². The molecule has 0 fully saturated rings. The van der Waals surface area contributed by atoms with Crippen molar-refractivity contribution in [2.24, 2.45) is 0 Å². The van der Waals surface area contributed by atoms with E-state index in [0.29, 0.717) is 5.69 Å². The molecule has 0 atom stereocenters. The number of hydrogen-bond acceptors (Lipinski definition) is 4. The third kappa shape index (κ3) is 6.88. The van der Waals surface area contributed by atoms with Crippen molar-refractivity contribution in [1.29, 1.82) is 0 Å². The summed E-state index contributed by atoms with van der Waals surface area (Å²) in [4.78, 5) is 0. The van der Waals surface area contributed by atoms with E-state index >= 15 is 0 Å². The smallest absolute Gasteiger partial charge is 0.234 e. The van der Waals surface area contributed by atoms with Crippen LogP contribution in [0.3, 0.4) is 0 Å². The van der Waals surface area contributed by atoms with E-state index in [-0.39, 0.29) is 18.5 Å². The second-order valence-corrected chi connectivity index (χ2v) is 6.66. The summed E-state index contributed by atoms with van der Waals surface area (Å²) >= 11 is 0. The zero-order chi connectivity index (χ0) is 15.0. The average Bonchev–Trinajstić information content (AvgIpc) is 2.37. The van der Waals surface area contributed by atoms with Crippen LogP contribution in [0, 0.1) is 0 Å². The van der Waals surface area contributed by atoms with Crippen LogP contribution in [0.4, 0.5) is 5.69 Å². The monoisotopic (exact) mass is 300 g/mol. The van der Waals surface area contributed by atoms with Gasteiger partial charge in [-0.05, 0) is 38.1 Å². The highest BCUT2D eigenvalue weighted by molar-refractivity contribution is 7.92. The lowest BCUT2D eigenvalue weighted by atomic mass is 10.2. The summed E-state index contributed by atoms with van der Waals surface area (Å²) in [6.45, 7) is 7.69. The molecule has 0 saturated heterocycles. The molecule has 0 aromatic heterocycles. The van der Waals surface area contributed by atoms with Crippen LogP contribution in [0.2, 0.25) is 0 Å². The van der Waals surface area contributed by atoms with E-state index < -0.39 is 10.0 Å². The van der Waals surface area contributed by atoms with Gasteiger partial charge in [-0.25, -0.2) is 8.42 Å². The Kier molecular flexibility index (Phi) is 6.98. The van der Waals surface area contributed by atoms with Crippen molar-refractivity contribution < 1.29 is 13.2 Å². The Balaban J connectivity index is 2.50. The summed E-state index contributed by atoms with van der Waals surface area (Å²) in [6.07, 6.45) is 0.0375. The number of sulfonamides is 1. The van der Waals surface area contributed by atoms with Gasteiger partial charge in [0, 0.05) is 12.2 Å². The lowest BCUT2D eigenvalue weighted by molar-refractivity contribution is 0.0913. The van der Waals surface area contributed by atoms with Crippen molar-refractivity contribution in [2.75, 3.05) is 23.6 Å². The van der Waals surface area contributed by atoms with E-state index in [4.69, 9.17) is 4.74 Å². The molecule has 114 valence electrons. The van der Waals surface area contributed by atoms with Gasteiger partial charge in [-0.15, -0.1) is 0 Å². The number of benzene rings is 1. The fourth-order valence-electron chi connectivity index (χ4n) is 1.58. The Morgan fingerprint density at radius 1 is 1.20 bits per heavy atom. The summed E-state index contributed by atoms with van der Waals surface area (Å²) in [6, 6.07) is 7.36. The first-order valence-corrected chi connectivity index (χ1v) is 8.50. The highest BCUT2D eigenvalue weighted by atomic mass is 32.2. The highest BCUT2D eigenvalue weighted by Crippen LogP contribution is 2.11. The Morgan fingerprint density at radius 2 is 1.85 bits per heavy atom. The molecule has 0 amide bonds. The first kappa shape index (κ1) is 16.9. The second-order valence-electron chi connectivity index (χ2n) is 4.82. The van der Waals surface area contributed by atoms with Gasteiger partial charge < -0.3 is 10.1 Å². The van der Waals surface area contributed by atoms with Crippen molar-refractivity contribution in [1.82, 2.24) is 5.32 Å². The minimum Gasteiger partial charge on any atom is -0.378 e. The number of nitrogens with one attached hydrogen (secondary N) is 2. The Hall–Kier alpha value is -1.11. The van der Waals surface area contributed by atoms with Gasteiger partial charge in [0.05, 0.1) is 18.5 Å². The molecule has 0 heterocycles. The van der Waals surface area contributed by atoms with Gasteiger partial charge in [0.1, 0.15) is 0 Å². The molecular weight excluding hydrogens is 276 g/mol. The van der Waals surface area contributed by atoms with Crippen LogP contribution in [-0.4, -0.2) is 33.4 Å². The van der Waals surface area contributed by atoms with Gasteiger partial charge in [0.15, 0.2) is 0 Å². The number of anilines is 1. The minimum absolute atomic E-state index is 0.0374. The van der Waals surface area contributed by atoms with E-state index in [0.717, 1.165) is 18.7 Å². The quantitative estimate of drug-likeness (QED) is 0.731. The maximum Gasteiger partial charge on any atom is 0.234 e. The minimum atomic E-state index is -3.35. The molecule has 1 aromatic carbocycles. The van der Waals surface area contributed by atoms with Crippen molar-refractivity contribution in [3.63, 3.8) is 0 Å². The summed E-state index contributed by atoms with van der Waals surface area (Å²) in [5.74, 6) is -0.0374. The predicted molar refractivity (Wildman–Crippen MR) is 82.3 cm³/mol. The van der Waals surface area contributed by atoms with Crippen molar-refractivity contribution in [3.8, 4) is 0 Å². The fraction of sp³-hybridized carbons (Fsp3) is 0.571. The van der Waals surface area contributed by atoms with Crippen LogP contribution in [-0.2, 0) is 21.3 Å². The molecule has 6 heteroatoms. The Labute approximate surface area is 121 Å². The van der Waals surface area contributed by atoms with Crippen LogP contribution in [0.5, 0.6) is 0 Å². The fourth-order valence-corrected chi connectivity index (χ4v) is 2.50. The molecule has 20 heavy (non-hydrogen) atoms. The average molecular weight is 300 g/mol. The molecule has 0 spiro atoms. The van der Waals surface area contributed by atoms with Gasteiger partial charge in [-0.2, -0.15) is 0 Å².